The van der Waals surface area contributed by atoms with E-state index in [1.54, 1.807) is 13.0 Å². The average molecular weight is 247 g/mol. The molecule has 2 rings (SSSR count). The van der Waals surface area contributed by atoms with E-state index < -0.39 is 0 Å². The summed E-state index contributed by atoms with van der Waals surface area (Å²) in [6, 6.07) is 5.65. The van der Waals surface area contributed by atoms with Crippen molar-refractivity contribution in [1.29, 1.82) is 0 Å². The van der Waals surface area contributed by atoms with Crippen LogP contribution in [0.4, 0.5) is 0 Å². The summed E-state index contributed by atoms with van der Waals surface area (Å²) < 4.78 is 5.42. The lowest BCUT2D eigenvalue weighted by atomic mass is 10.1. The molecule has 96 valence electrons. The Bertz CT molecular complexity index is 468. The normalized spacial score (nSPS) is 15.2. The van der Waals surface area contributed by atoms with Crippen LogP contribution in [0.15, 0.2) is 24.3 Å². The van der Waals surface area contributed by atoms with Crippen molar-refractivity contribution in [3.63, 3.8) is 0 Å². The fourth-order valence-corrected chi connectivity index (χ4v) is 1.82. The van der Waals surface area contributed by atoms with Crippen LogP contribution < -0.4 is 10.1 Å². The Balaban J connectivity index is 1.98. The zero-order valence-corrected chi connectivity index (χ0v) is 10.3. The van der Waals surface area contributed by atoms with Crippen molar-refractivity contribution in [2.45, 2.75) is 19.4 Å². The third-order valence-electron chi connectivity index (χ3n) is 2.80. The molecule has 0 aliphatic carbocycles. The minimum absolute atomic E-state index is 0.0598. The molecule has 0 fully saturated rings. The predicted octanol–water partition coefficient (Wildman–Crippen LogP) is 1.13. The summed E-state index contributed by atoms with van der Waals surface area (Å²) in [7, 11) is 0. The number of hydrogen-bond acceptors (Lipinski definition) is 3. The van der Waals surface area contributed by atoms with Gasteiger partial charge in [0.25, 0.3) is 0 Å². The molecule has 4 heteroatoms. The van der Waals surface area contributed by atoms with Gasteiger partial charge in [0, 0.05) is 18.5 Å². The first-order chi connectivity index (χ1) is 8.69. The molecule has 4 nitrogen and oxygen atoms in total. The van der Waals surface area contributed by atoms with E-state index in [9.17, 15) is 4.79 Å². The number of amides is 1. The second kappa shape index (κ2) is 5.69. The number of ether oxygens (including phenoxy) is 1. The van der Waals surface area contributed by atoms with E-state index in [1.165, 1.54) is 11.6 Å². The van der Waals surface area contributed by atoms with Crippen molar-refractivity contribution in [2.24, 2.45) is 0 Å². The van der Waals surface area contributed by atoms with Gasteiger partial charge in [0.05, 0.1) is 13.2 Å². The summed E-state index contributed by atoms with van der Waals surface area (Å²) in [5.41, 5.74) is 2.16. The predicted molar refractivity (Wildman–Crippen MR) is 69.4 cm³/mol. The first-order valence-corrected chi connectivity index (χ1v) is 6.04. The van der Waals surface area contributed by atoms with Crippen LogP contribution in [-0.4, -0.2) is 30.3 Å². The molecule has 0 saturated heterocycles. The molecule has 1 unspecified atom stereocenters. The van der Waals surface area contributed by atoms with Gasteiger partial charge in [-0.25, -0.2) is 0 Å². The Hall–Kier alpha value is -1.81. The summed E-state index contributed by atoms with van der Waals surface area (Å²) in [5.74, 6) is 0.735. The maximum absolute atomic E-state index is 11.5. The van der Waals surface area contributed by atoms with Gasteiger partial charge in [0.2, 0.25) is 5.91 Å². The number of rotatable bonds is 4. The molecule has 0 saturated carbocycles. The summed E-state index contributed by atoms with van der Waals surface area (Å²) in [4.78, 5) is 11.5. The highest BCUT2D eigenvalue weighted by Gasteiger charge is 2.11. The maximum Gasteiger partial charge on any atom is 0.244 e. The van der Waals surface area contributed by atoms with E-state index in [0.717, 1.165) is 24.3 Å². The van der Waals surface area contributed by atoms with E-state index in [2.05, 4.69) is 5.32 Å². The third-order valence-corrected chi connectivity index (χ3v) is 2.80. The van der Waals surface area contributed by atoms with Gasteiger partial charge in [-0.1, -0.05) is 6.07 Å². The topological polar surface area (TPSA) is 58.6 Å². The van der Waals surface area contributed by atoms with Crippen LogP contribution >= 0.6 is 0 Å². The van der Waals surface area contributed by atoms with Crippen molar-refractivity contribution in [3.05, 3.63) is 35.4 Å². The summed E-state index contributed by atoms with van der Waals surface area (Å²) in [6.45, 7) is 2.42. The Labute approximate surface area is 106 Å². The smallest absolute Gasteiger partial charge is 0.244 e. The van der Waals surface area contributed by atoms with E-state index in [1.807, 2.05) is 18.2 Å². The average Bonchev–Trinajstić information content (AvgIpc) is 2.83. The van der Waals surface area contributed by atoms with Gasteiger partial charge in [-0.3, -0.25) is 4.79 Å². The zero-order chi connectivity index (χ0) is 13.0. The van der Waals surface area contributed by atoms with E-state index in [-0.39, 0.29) is 18.6 Å². The number of nitrogens with one attached hydrogen (secondary N) is 1. The molecule has 1 aliphatic heterocycles. The van der Waals surface area contributed by atoms with Gasteiger partial charge in [-0.15, -0.1) is 0 Å². The van der Waals surface area contributed by atoms with Crippen LogP contribution in [0.2, 0.25) is 0 Å². The van der Waals surface area contributed by atoms with Crippen LogP contribution in [0.1, 0.15) is 18.1 Å². The van der Waals surface area contributed by atoms with Crippen LogP contribution in [0.5, 0.6) is 5.75 Å². The number of carbonyl (C=O) groups is 1. The van der Waals surface area contributed by atoms with E-state index in [4.69, 9.17) is 9.84 Å². The fourth-order valence-electron chi connectivity index (χ4n) is 1.82. The van der Waals surface area contributed by atoms with Gasteiger partial charge in [0.1, 0.15) is 5.75 Å². The Morgan fingerprint density at radius 3 is 3.22 bits per heavy atom. The Kier molecular flexibility index (Phi) is 3.99. The molecule has 0 aromatic heterocycles. The Morgan fingerprint density at radius 2 is 2.44 bits per heavy atom. The number of carbonyl (C=O) groups excluding carboxylic acids is 1. The van der Waals surface area contributed by atoms with Crippen LogP contribution in [0, 0.1) is 0 Å². The standard InChI is InChI=1S/C14H17NO3/c1-10(9-16)15-14(17)5-3-11-2-4-13-12(8-11)6-7-18-13/h2-5,8,10,16H,6-7,9H2,1H3,(H,15,17)/b5-3+. The van der Waals surface area contributed by atoms with Gasteiger partial charge in [-0.05, 0) is 36.3 Å². The van der Waals surface area contributed by atoms with Crippen molar-refractivity contribution in [3.8, 4) is 5.75 Å². The summed E-state index contributed by atoms with van der Waals surface area (Å²) in [6.07, 6.45) is 4.16. The second-order valence-electron chi connectivity index (χ2n) is 4.39. The second-order valence-corrected chi connectivity index (χ2v) is 4.39. The molecule has 1 amide bonds. The summed E-state index contributed by atoms with van der Waals surface area (Å²) >= 11 is 0. The van der Waals surface area contributed by atoms with Gasteiger partial charge in [-0.2, -0.15) is 0 Å². The number of aliphatic hydroxyl groups excluding tert-OH is 1. The first-order valence-electron chi connectivity index (χ1n) is 6.04. The highest BCUT2D eigenvalue weighted by atomic mass is 16.5. The SMILES string of the molecule is CC(CO)NC(=O)/C=C/c1ccc2c(c1)CCO2. The molecule has 1 aromatic carbocycles. The maximum atomic E-state index is 11.5. The van der Waals surface area contributed by atoms with E-state index in [0.29, 0.717) is 0 Å². The monoisotopic (exact) mass is 247 g/mol. The molecule has 0 radical (unpaired) electrons. The minimum Gasteiger partial charge on any atom is -0.493 e. The fraction of sp³-hybridized carbons (Fsp3) is 0.357. The molecule has 18 heavy (non-hydrogen) atoms. The number of benzene rings is 1. The quantitative estimate of drug-likeness (QED) is 0.784. The Morgan fingerprint density at radius 1 is 1.61 bits per heavy atom. The van der Waals surface area contributed by atoms with Crippen molar-refractivity contribution in [2.75, 3.05) is 13.2 Å². The lowest BCUT2D eigenvalue weighted by Crippen LogP contribution is -2.33. The molecule has 1 atom stereocenters. The molecule has 0 bridgehead atoms. The van der Waals surface area contributed by atoms with Crippen LogP contribution in [0.3, 0.4) is 0 Å². The highest BCUT2D eigenvalue weighted by Crippen LogP contribution is 2.26. The number of aliphatic hydroxyl groups is 1. The van der Waals surface area contributed by atoms with Crippen molar-refractivity contribution >= 4 is 12.0 Å². The number of hydrogen-bond donors (Lipinski definition) is 2. The summed E-state index contributed by atoms with van der Waals surface area (Å²) in [5, 5.41) is 11.5. The van der Waals surface area contributed by atoms with Crippen molar-refractivity contribution < 1.29 is 14.6 Å². The molecule has 2 N–H and O–H groups in total. The van der Waals surface area contributed by atoms with E-state index >= 15 is 0 Å². The van der Waals surface area contributed by atoms with Crippen molar-refractivity contribution in [1.82, 2.24) is 5.32 Å². The lowest BCUT2D eigenvalue weighted by molar-refractivity contribution is -0.117. The van der Waals surface area contributed by atoms with Crippen LogP contribution in [0.25, 0.3) is 6.08 Å². The molecular formula is C14H17NO3. The largest absolute Gasteiger partial charge is 0.493 e. The van der Waals surface area contributed by atoms with Gasteiger partial charge >= 0.3 is 0 Å². The van der Waals surface area contributed by atoms with Gasteiger partial charge in [0.15, 0.2) is 0 Å². The molecule has 1 aromatic rings. The molecular weight excluding hydrogens is 230 g/mol. The first kappa shape index (κ1) is 12.6. The number of fused-ring (bicyclic) bond motifs is 1. The molecule has 1 heterocycles. The zero-order valence-electron chi connectivity index (χ0n) is 10.3. The van der Waals surface area contributed by atoms with Gasteiger partial charge < -0.3 is 15.2 Å². The minimum atomic E-state index is -0.226. The molecule has 1 aliphatic rings. The lowest BCUT2D eigenvalue weighted by Gasteiger charge is -2.07. The highest BCUT2D eigenvalue weighted by molar-refractivity contribution is 5.91. The molecule has 0 spiro atoms. The third kappa shape index (κ3) is 3.11. The van der Waals surface area contributed by atoms with Crippen LogP contribution in [-0.2, 0) is 11.2 Å².